The van der Waals surface area contributed by atoms with Crippen molar-refractivity contribution < 1.29 is 0 Å². The molecule has 0 bridgehead atoms. The fourth-order valence-electron chi connectivity index (χ4n) is 3.15. The monoisotopic (exact) mass is 334 g/mol. The first-order valence-corrected chi connectivity index (χ1v) is 8.90. The van der Waals surface area contributed by atoms with E-state index in [-0.39, 0.29) is 0 Å². The molecule has 0 radical (unpaired) electrons. The molecule has 3 rings (SSSR count). The molecule has 1 unspecified atom stereocenters. The van der Waals surface area contributed by atoms with E-state index in [2.05, 4.69) is 53.5 Å². The summed E-state index contributed by atoms with van der Waals surface area (Å²) in [5.74, 6) is 2.39. The van der Waals surface area contributed by atoms with Crippen molar-refractivity contribution in [2.24, 2.45) is 5.92 Å². The van der Waals surface area contributed by atoms with Crippen LogP contribution in [-0.2, 0) is 6.54 Å². The second-order valence-corrected chi connectivity index (χ2v) is 6.64. The van der Waals surface area contributed by atoms with Crippen molar-refractivity contribution in [2.75, 3.05) is 10.6 Å². The van der Waals surface area contributed by atoms with Crippen molar-refractivity contribution in [2.45, 2.75) is 40.2 Å². The van der Waals surface area contributed by atoms with Crippen molar-refractivity contribution in [1.29, 1.82) is 0 Å². The van der Waals surface area contributed by atoms with E-state index >= 15 is 0 Å². The fraction of sp³-hybridized carbons (Fsp3) is 0.333. The lowest BCUT2D eigenvalue weighted by Crippen LogP contribution is -2.13. The molecule has 0 aliphatic heterocycles. The van der Waals surface area contributed by atoms with Gasteiger partial charge in [0.25, 0.3) is 0 Å². The SMILES string of the molecule is CCC1CC(C)=C(Nc2cccc(NCc3cccnc3)n2)C=C1C. The summed E-state index contributed by atoms with van der Waals surface area (Å²) in [5.41, 5.74) is 5.16. The van der Waals surface area contributed by atoms with Crippen LogP contribution in [0.4, 0.5) is 11.6 Å². The Morgan fingerprint density at radius 1 is 1.12 bits per heavy atom. The molecule has 2 N–H and O–H groups in total. The van der Waals surface area contributed by atoms with Gasteiger partial charge in [0.15, 0.2) is 0 Å². The maximum atomic E-state index is 4.67. The molecule has 0 fully saturated rings. The number of aromatic nitrogens is 2. The molecule has 4 nitrogen and oxygen atoms in total. The first-order chi connectivity index (χ1) is 12.2. The lowest BCUT2D eigenvalue weighted by Gasteiger charge is -2.24. The quantitative estimate of drug-likeness (QED) is 0.767. The Balaban J connectivity index is 1.68. The molecule has 1 atom stereocenters. The minimum absolute atomic E-state index is 0.672. The summed E-state index contributed by atoms with van der Waals surface area (Å²) >= 11 is 0. The van der Waals surface area contributed by atoms with E-state index < -0.39 is 0 Å². The summed E-state index contributed by atoms with van der Waals surface area (Å²) in [7, 11) is 0. The first kappa shape index (κ1) is 17.2. The van der Waals surface area contributed by atoms with E-state index in [4.69, 9.17) is 0 Å². The van der Waals surface area contributed by atoms with Crippen LogP contribution in [0.15, 0.2) is 65.6 Å². The number of hydrogen-bond acceptors (Lipinski definition) is 4. The van der Waals surface area contributed by atoms with Crippen LogP contribution in [0.1, 0.15) is 39.2 Å². The van der Waals surface area contributed by atoms with E-state index in [0.717, 1.165) is 23.6 Å². The van der Waals surface area contributed by atoms with Crippen LogP contribution in [0.2, 0.25) is 0 Å². The van der Waals surface area contributed by atoms with Crippen LogP contribution in [0, 0.1) is 5.92 Å². The predicted octanol–water partition coefficient (Wildman–Crippen LogP) is 5.15. The number of nitrogens with one attached hydrogen (secondary N) is 2. The van der Waals surface area contributed by atoms with Crippen LogP contribution in [0.25, 0.3) is 0 Å². The van der Waals surface area contributed by atoms with Crippen molar-refractivity contribution in [3.63, 3.8) is 0 Å². The van der Waals surface area contributed by atoms with Crippen molar-refractivity contribution in [3.05, 3.63) is 71.2 Å². The standard InChI is InChI=1S/C21H26N4/c1-4-18-11-16(3)19(12-15(18)2)24-21-9-5-8-20(25-21)23-14-17-7-6-10-22-13-17/h5-10,12-13,18H,4,11,14H2,1-3H3,(H2,23,24,25). The summed E-state index contributed by atoms with van der Waals surface area (Å²) in [4.78, 5) is 8.81. The molecule has 130 valence electrons. The topological polar surface area (TPSA) is 49.8 Å². The van der Waals surface area contributed by atoms with Crippen molar-refractivity contribution in [3.8, 4) is 0 Å². The molecule has 0 saturated heterocycles. The van der Waals surface area contributed by atoms with Gasteiger partial charge in [0.05, 0.1) is 0 Å². The second kappa shape index (κ2) is 7.97. The lowest BCUT2D eigenvalue weighted by molar-refractivity contribution is 0.574. The van der Waals surface area contributed by atoms with Gasteiger partial charge in [-0.25, -0.2) is 4.98 Å². The van der Waals surface area contributed by atoms with E-state index in [0.29, 0.717) is 12.5 Å². The fourth-order valence-corrected chi connectivity index (χ4v) is 3.15. The molecular weight excluding hydrogens is 308 g/mol. The predicted molar refractivity (Wildman–Crippen MR) is 104 cm³/mol. The molecule has 0 saturated carbocycles. The highest BCUT2D eigenvalue weighted by atomic mass is 15.1. The Labute approximate surface area is 150 Å². The maximum Gasteiger partial charge on any atom is 0.132 e. The van der Waals surface area contributed by atoms with E-state index in [9.17, 15) is 0 Å². The minimum atomic E-state index is 0.672. The van der Waals surface area contributed by atoms with E-state index in [1.807, 2.05) is 30.5 Å². The summed E-state index contributed by atoms with van der Waals surface area (Å²) < 4.78 is 0. The number of anilines is 2. The Morgan fingerprint density at radius 3 is 2.72 bits per heavy atom. The average Bonchev–Trinajstić information content (AvgIpc) is 2.64. The Morgan fingerprint density at radius 2 is 1.96 bits per heavy atom. The van der Waals surface area contributed by atoms with Gasteiger partial charge in [0, 0.05) is 24.6 Å². The zero-order chi connectivity index (χ0) is 17.6. The van der Waals surface area contributed by atoms with Gasteiger partial charge in [-0.05, 0) is 68.0 Å². The highest BCUT2D eigenvalue weighted by Crippen LogP contribution is 2.31. The molecule has 2 aromatic rings. The molecular formula is C21H26N4. The number of nitrogens with zero attached hydrogens (tertiary/aromatic N) is 2. The third-order valence-corrected chi connectivity index (χ3v) is 4.73. The zero-order valence-corrected chi connectivity index (χ0v) is 15.2. The zero-order valence-electron chi connectivity index (χ0n) is 15.2. The van der Waals surface area contributed by atoms with Gasteiger partial charge in [-0.3, -0.25) is 4.98 Å². The highest BCUT2D eigenvalue weighted by Gasteiger charge is 2.17. The molecule has 25 heavy (non-hydrogen) atoms. The number of hydrogen-bond donors (Lipinski definition) is 2. The normalized spacial score (nSPS) is 17.2. The Hall–Kier alpha value is -2.62. The summed E-state index contributed by atoms with van der Waals surface area (Å²) in [6.45, 7) is 7.40. The molecule has 0 aromatic carbocycles. The minimum Gasteiger partial charge on any atom is -0.366 e. The van der Waals surface area contributed by atoms with Crippen LogP contribution >= 0.6 is 0 Å². The Kier molecular flexibility index (Phi) is 5.49. The summed E-state index contributed by atoms with van der Waals surface area (Å²) in [6, 6.07) is 10.0. The van der Waals surface area contributed by atoms with Gasteiger partial charge in [-0.2, -0.15) is 0 Å². The van der Waals surface area contributed by atoms with E-state index in [1.54, 1.807) is 6.20 Å². The van der Waals surface area contributed by atoms with Crippen LogP contribution < -0.4 is 10.6 Å². The molecule has 1 aliphatic carbocycles. The number of allylic oxidation sites excluding steroid dienone is 3. The van der Waals surface area contributed by atoms with Crippen LogP contribution in [-0.4, -0.2) is 9.97 Å². The van der Waals surface area contributed by atoms with E-state index in [1.165, 1.54) is 23.3 Å². The van der Waals surface area contributed by atoms with Gasteiger partial charge in [0.1, 0.15) is 11.6 Å². The van der Waals surface area contributed by atoms with Crippen LogP contribution in [0.5, 0.6) is 0 Å². The molecule has 0 spiro atoms. The highest BCUT2D eigenvalue weighted by molar-refractivity contribution is 5.52. The molecule has 0 amide bonds. The smallest absolute Gasteiger partial charge is 0.132 e. The molecule has 2 aromatic heterocycles. The van der Waals surface area contributed by atoms with Gasteiger partial charge < -0.3 is 10.6 Å². The summed E-state index contributed by atoms with van der Waals surface area (Å²) in [6.07, 6.45) is 8.23. The largest absolute Gasteiger partial charge is 0.366 e. The Bertz CT molecular complexity index is 777. The van der Waals surface area contributed by atoms with Gasteiger partial charge in [-0.1, -0.05) is 24.6 Å². The maximum absolute atomic E-state index is 4.67. The number of pyridine rings is 2. The second-order valence-electron chi connectivity index (χ2n) is 6.64. The van der Waals surface area contributed by atoms with Crippen molar-refractivity contribution >= 4 is 11.6 Å². The third-order valence-electron chi connectivity index (χ3n) is 4.73. The molecule has 4 heteroatoms. The van der Waals surface area contributed by atoms with Crippen LogP contribution in [0.3, 0.4) is 0 Å². The number of rotatable bonds is 6. The molecule has 2 heterocycles. The third kappa shape index (κ3) is 4.47. The van der Waals surface area contributed by atoms with Crippen molar-refractivity contribution in [1.82, 2.24) is 9.97 Å². The van der Waals surface area contributed by atoms with Gasteiger partial charge >= 0.3 is 0 Å². The van der Waals surface area contributed by atoms with Gasteiger partial charge in [-0.15, -0.1) is 0 Å². The first-order valence-electron chi connectivity index (χ1n) is 8.90. The lowest BCUT2D eigenvalue weighted by atomic mass is 9.85. The van der Waals surface area contributed by atoms with Gasteiger partial charge in [0.2, 0.25) is 0 Å². The molecule has 1 aliphatic rings. The summed E-state index contributed by atoms with van der Waals surface area (Å²) in [5, 5.41) is 6.84. The average molecular weight is 334 g/mol.